The number of rotatable bonds is 26. The number of carbonyl (C=O) groups is 3. The summed E-state index contributed by atoms with van der Waals surface area (Å²) in [6.07, 6.45) is 5.81. The topological polar surface area (TPSA) is 255 Å². The number of ether oxygens (including phenoxy) is 3. The van der Waals surface area contributed by atoms with Crippen molar-refractivity contribution >= 4 is 40.5 Å². The van der Waals surface area contributed by atoms with E-state index in [0.29, 0.717) is 87.8 Å². The van der Waals surface area contributed by atoms with Crippen molar-refractivity contribution in [1.29, 1.82) is 0 Å². The molecule has 0 unspecified atom stereocenters. The van der Waals surface area contributed by atoms with Crippen LogP contribution in [0.1, 0.15) is 79.0 Å². The molecule has 0 spiro atoms. The number of aromatic nitrogens is 4. The molecule has 54 heavy (non-hydrogen) atoms. The molecule has 290 valence electrons. The zero-order valence-corrected chi connectivity index (χ0v) is 30.3. The van der Waals surface area contributed by atoms with Crippen LogP contribution in [0.4, 0.5) is 11.6 Å². The molecule has 17 heteroatoms. The van der Waals surface area contributed by atoms with Crippen LogP contribution in [-0.4, -0.2) is 88.4 Å². The van der Waals surface area contributed by atoms with E-state index in [9.17, 15) is 33.9 Å². The predicted molar refractivity (Wildman–Crippen MR) is 199 cm³/mol. The van der Waals surface area contributed by atoms with Crippen LogP contribution in [0, 0.1) is 0 Å². The fourth-order valence-electron chi connectivity index (χ4n) is 5.62. The number of unbranched alkanes of at least 4 members (excludes halogenated alkanes) is 2. The summed E-state index contributed by atoms with van der Waals surface area (Å²) in [5.74, 6) is -1.96. The third kappa shape index (κ3) is 12.6. The van der Waals surface area contributed by atoms with E-state index in [0.717, 1.165) is 12.8 Å². The van der Waals surface area contributed by atoms with Gasteiger partial charge in [0.1, 0.15) is 11.8 Å². The van der Waals surface area contributed by atoms with Gasteiger partial charge in [-0.15, -0.1) is 0 Å². The van der Waals surface area contributed by atoms with Crippen molar-refractivity contribution in [3.8, 4) is 0 Å². The minimum absolute atomic E-state index is 0.0163. The molecule has 17 nitrogen and oxygen atoms in total. The van der Waals surface area contributed by atoms with E-state index < -0.39 is 23.5 Å². The number of fused-ring (bicyclic) bond motifs is 1. The standard InChI is InChI=1S/C37H47N7O10/c1-2-27-28(32(47)31(27)46)8-4-6-16-53-18-20-54-19-17-52-15-5-3-7-26(45)13-14-29(36(50)51)42-34(48)23-9-11-24(12-10-23)39-21-25-22-40-33-30(41-25)35(49)44-37(38)43-33/h9-12,22,29,39H,2-8,13-21H2,1H3,(H,42,48)(H,50,51)(H3,38,40,43,44,49)/t29-/m0/s1. The molecular formula is C37H47N7O10. The molecule has 4 aromatic rings. The maximum atomic E-state index is 12.8. The zero-order valence-electron chi connectivity index (χ0n) is 30.3. The Labute approximate surface area is 310 Å². The van der Waals surface area contributed by atoms with Crippen LogP contribution in [0.3, 0.4) is 0 Å². The maximum Gasteiger partial charge on any atom is 0.326 e. The quantitative estimate of drug-likeness (QED) is 0.0454. The highest BCUT2D eigenvalue weighted by molar-refractivity contribution is 5.97. The molecule has 0 radical (unpaired) electrons. The van der Waals surface area contributed by atoms with Crippen molar-refractivity contribution in [3.63, 3.8) is 0 Å². The van der Waals surface area contributed by atoms with E-state index in [-0.39, 0.29) is 65.1 Å². The molecule has 0 fully saturated rings. The van der Waals surface area contributed by atoms with Gasteiger partial charge in [-0.05, 0) is 69.2 Å². The summed E-state index contributed by atoms with van der Waals surface area (Å²) < 4.78 is 16.6. The minimum atomic E-state index is -1.23. The van der Waals surface area contributed by atoms with E-state index >= 15 is 0 Å². The van der Waals surface area contributed by atoms with Crippen LogP contribution < -0.4 is 32.8 Å². The lowest BCUT2D eigenvalue weighted by Crippen LogP contribution is -2.41. The Morgan fingerprint density at radius 2 is 1.50 bits per heavy atom. The first-order chi connectivity index (χ1) is 26.1. The normalized spacial score (nSPS) is 11.9. The second-order valence-corrected chi connectivity index (χ2v) is 12.6. The molecule has 0 aliphatic carbocycles. The Morgan fingerprint density at radius 3 is 2.17 bits per heavy atom. The molecule has 2 aromatic carbocycles. The highest BCUT2D eigenvalue weighted by atomic mass is 16.5. The number of nitrogens with two attached hydrogens (primary N) is 1. The number of carboxylic acids is 1. The largest absolute Gasteiger partial charge is 0.480 e. The Bertz CT molecular complexity index is 1990. The third-order valence-corrected chi connectivity index (χ3v) is 8.60. The molecule has 4 rings (SSSR count). The van der Waals surface area contributed by atoms with Gasteiger partial charge in [0.05, 0.1) is 44.9 Å². The minimum Gasteiger partial charge on any atom is -0.480 e. The van der Waals surface area contributed by atoms with Crippen molar-refractivity contribution in [2.45, 2.75) is 77.3 Å². The third-order valence-electron chi connectivity index (χ3n) is 8.60. The number of nitrogens with zero attached hydrogens (tertiary/aromatic N) is 3. The lowest BCUT2D eigenvalue weighted by molar-refractivity contribution is -0.139. The number of aromatic amines is 1. The number of carboxylic acid groups (broad SMARTS) is 1. The molecule has 1 amide bonds. The molecule has 0 aliphatic heterocycles. The van der Waals surface area contributed by atoms with E-state index in [4.69, 9.17) is 19.9 Å². The number of ketones is 1. The molecule has 0 saturated carbocycles. The fourth-order valence-corrected chi connectivity index (χ4v) is 5.62. The predicted octanol–water partition coefficient (Wildman–Crippen LogP) is 1.84. The summed E-state index contributed by atoms with van der Waals surface area (Å²) in [5.41, 5.74) is 7.27. The van der Waals surface area contributed by atoms with Gasteiger partial charge < -0.3 is 35.7 Å². The van der Waals surface area contributed by atoms with Crippen LogP contribution in [0.2, 0.25) is 0 Å². The summed E-state index contributed by atoms with van der Waals surface area (Å²) in [6, 6.07) is 5.13. The highest BCUT2D eigenvalue weighted by Crippen LogP contribution is 2.13. The van der Waals surface area contributed by atoms with E-state index in [1.54, 1.807) is 12.1 Å². The number of Topliss-reactive ketones (excluding diaryl/α,β-unsaturated/α-hetero) is 1. The lowest BCUT2D eigenvalue weighted by atomic mass is 9.94. The average molecular weight is 750 g/mol. The molecule has 0 bridgehead atoms. The fraction of sp³-hybridized carbons (Fsp3) is 0.486. The number of hydrogen-bond donors (Lipinski definition) is 5. The summed E-state index contributed by atoms with van der Waals surface area (Å²) in [7, 11) is 0. The Morgan fingerprint density at radius 1 is 0.852 bits per heavy atom. The average Bonchev–Trinajstić information content (AvgIpc) is 3.16. The van der Waals surface area contributed by atoms with Crippen molar-refractivity contribution in [3.05, 3.63) is 83.6 Å². The second kappa shape index (κ2) is 21.3. The zero-order chi connectivity index (χ0) is 38.9. The van der Waals surface area contributed by atoms with Gasteiger partial charge in [0.15, 0.2) is 11.2 Å². The van der Waals surface area contributed by atoms with E-state index in [1.165, 1.54) is 18.3 Å². The first kappa shape index (κ1) is 41.4. The number of carbonyl (C=O) groups excluding carboxylic acids is 2. The van der Waals surface area contributed by atoms with Gasteiger partial charge in [0.2, 0.25) is 16.8 Å². The number of nitrogens with one attached hydrogen (secondary N) is 3. The van der Waals surface area contributed by atoms with Crippen LogP contribution in [-0.2, 0) is 43.2 Å². The summed E-state index contributed by atoms with van der Waals surface area (Å²) in [5, 5.41) is 15.2. The number of amides is 1. The smallest absolute Gasteiger partial charge is 0.326 e. The number of aliphatic carboxylic acids is 1. The molecule has 2 heterocycles. The van der Waals surface area contributed by atoms with Crippen LogP contribution >= 0.6 is 0 Å². The number of H-pyrrole nitrogens is 1. The van der Waals surface area contributed by atoms with Gasteiger partial charge in [0, 0.05) is 48.4 Å². The Hall–Kier alpha value is -5.39. The van der Waals surface area contributed by atoms with Gasteiger partial charge >= 0.3 is 5.97 Å². The second-order valence-electron chi connectivity index (χ2n) is 12.6. The summed E-state index contributed by atoms with van der Waals surface area (Å²) in [6.45, 7) is 4.84. The maximum absolute atomic E-state index is 12.8. The lowest BCUT2D eigenvalue weighted by Gasteiger charge is -2.14. The van der Waals surface area contributed by atoms with Gasteiger partial charge in [-0.25, -0.2) is 14.8 Å². The monoisotopic (exact) mass is 749 g/mol. The molecule has 6 N–H and O–H groups in total. The molecule has 0 saturated heterocycles. The van der Waals surface area contributed by atoms with Crippen molar-refractivity contribution < 1.29 is 33.7 Å². The highest BCUT2D eigenvalue weighted by Gasteiger charge is 2.22. The first-order valence-corrected chi connectivity index (χ1v) is 18.0. The molecular weight excluding hydrogens is 702 g/mol. The van der Waals surface area contributed by atoms with Crippen LogP contribution in [0.5, 0.6) is 0 Å². The van der Waals surface area contributed by atoms with Gasteiger partial charge in [-0.2, -0.15) is 4.98 Å². The van der Waals surface area contributed by atoms with Crippen molar-refractivity contribution in [1.82, 2.24) is 25.3 Å². The van der Waals surface area contributed by atoms with Crippen molar-refractivity contribution in [2.75, 3.05) is 50.7 Å². The van der Waals surface area contributed by atoms with Gasteiger partial charge in [0.25, 0.3) is 11.5 Å². The number of anilines is 2. The van der Waals surface area contributed by atoms with Crippen LogP contribution in [0.25, 0.3) is 11.2 Å². The number of benzene rings is 1. The Kier molecular flexibility index (Phi) is 16.4. The first-order valence-electron chi connectivity index (χ1n) is 18.0. The van der Waals surface area contributed by atoms with Gasteiger partial charge in [-0.1, -0.05) is 6.92 Å². The van der Waals surface area contributed by atoms with E-state index in [1.807, 2.05) is 6.92 Å². The number of hydrogen-bond acceptors (Lipinski definition) is 14. The molecule has 0 aliphatic rings. The summed E-state index contributed by atoms with van der Waals surface area (Å²) in [4.78, 5) is 86.8. The van der Waals surface area contributed by atoms with Gasteiger partial charge in [-0.3, -0.25) is 29.0 Å². The number of nitrogen functional groups attached to an aromatic ring is 1. The molecule has 2 aromatic heterocycles. The Balaban J connectivity index is 1.01. The molecule has 1 atom stereocenters. The van der Waals surface area contributed by atoms with Crippen LogP contribution in [0.15, 0.2) is 44.8 Å². The van der Waals surface area contributed by atoms with E-state index in [2.05, 4.69) is 30.6 Å². The van der Waals surface area contributed by atoms with Crippen molar-refractivity contribution in [2.24, 2.45) is 0 Å². The summed E-state index contributed by atoms with van der Waals surface area (Å²) >= 11 is 0. The SMILES string of the molecule is CCc1c(CCCCOCCOCCOCCCCC(=O)CC[C@H](NC(=O)c2ccc(NCc3cnc4nc(N)[nH]c(=O)c4n3)cc2)C(=O)O)c(=O)c1=O.